The summed E-state index contributed by atoms with van der Waals surface area (Å²) in [5.41, 5.74) is 3.77. The number of hydrogen-bond acceptors (Lipinski definition) is 7. The lowest BCUT2D eigenvalue weighted by molar-refractivity contribution is 0.415. The molecule has 2 N–H and O–H groups in total. The number of hydrogen-bond donors (Lipinski definition) is 2. The average Bonchev–Trinajstić information content (AvgIpc) is 3.36. The third kappa shape index (κ3) is 3.67. The molecule has 2 aromatic carbocycles. The molecule has 0 amide bonds. The highest BCUT2D eigenvalue weighted by molar-refractivity contribution is 7.98. The summed E-state index contributed by atoms with van der Waals surface area (Å²) in [5.74, 6) is 3.69. The molecular weight excluding hydrogens is 398 g/mol. The molecule has 0 unspecified atom stereocenters. The number of H-pyrrole nitrogens is 1. The van der Waals surface area contributed by atoms with Gasteiger partial charge in [0.15, 0.2) is 0 Å². The van der Waals surface area contributed by atoms with Gasteiger partial charge in [-0.05, 0) is 43.3 Å². The van der Waals surface area contributed by atoms with E-state index in [1.807, 2.05) is 61.5 Å². The van der Waals surface area contributed by atoms with E-state index in [-0.39, 0.29) is 0 Å². The van der Waals surface area contributed by atoms with Crippen molar-refractivity contribution >= 4 is 40.1 Å². The van der Waals surface area contributed by atoms with Gasteiger partial charge in [-0.25, -0.2) is 9.97 Å². The van der Waals surface area contributed by atoms with Gasteiger partial charge in [0.25, 0.3) is 5.78 Å². The lowest BCUT2D eigenvalue weighted by atomic mass is 10.3. The zero-order valence-corrected chi connectivity index (χ0v) is 17.3. The molecule has 0 aliphatic carbocycles. The predicted octanol–water partition coefficient (Wildman–Crippen LogP) is 4.35. The van der Waals surface area contributed by atoms with Crippen molar-refractivity contribution in [2.45, 2.75) is 17.8 Å². The van der Waals surface area contributed by atoms with Crippen LogP contribution in [0.4, 0.5) is 11.5 Å². The number of aromatic nitrogens is 6. The van der Waals surface area contributed by atoms with Gasteiger partial charge in [0.1, 0.15) is 17.4 Å². The van der Waals surface area contributed by atoms with Crippen LogP contribution in [0.3, 0.4) is 0 Å². The molecule has 150 valence electrons. The second kappa shape index (κ2) is 7.68. The molecule has 0 spiro atoms. The van der Waals surface area contributed by atoms with Gasteiger partial charge in [-0.3, -0.25) is 0 Å². The monoisotopic (exact) mass is 417 g/mol. The predicted molar refractivity (Wildman–Crippen MR) is 117 cm³/mol. The number of para-hydroxylation sites is 2. The Hall–Kier alpha value is -3.59. The smallest absolute Gasteiger partial charge is 0.255 e. The molecule has 0 saturated heterocycles. The molecule has 8 nitrogen and oxygen atoms in total. The van der Waals surface area contributed by atoms with Crippen molar-refractivity contribution in [3.63, 3.8) is 0 Å². The number of methoxy groups -OCH3 is 1. The molecular formula is C21H19N7OS. The van der Waals surface area contributed by atoms with Crippen molar-refractivity contribution in [3.8, 4) is 5.75 Å². The fraction of sp³-hybridized carbons (Fsp3) is 0.143. The van der Waals surface area contributed by atoms with E-state index in [2.05, 4.69) is 30.4 Å². The second-order valence-corrected chi connectivity index (χ2v) is 7.67. The summed E-state index contributed by atoms with van der Waals surface area (Å²) in [6.07, 6.45) is 0. The Bertz CT molecular complexity index is 1290. The minimum atomic E-state index is 0.554. The number of ether oxygens (including phenoxy) is 1. The fourth-order valence-electron chi connectivity index (χ4n) is 3.15. The summed E-state index contributed by atoms with van der Waals surface area (Å²) < 4.78 is 6.94. The summed E-state index contributed by atoms with van der Waals surface area (Å²) in [6.45, 7) is 1.94. The van der Waals surface area contributed by atoms with Crippen molar-refractivity contribution in [2.75, 3.05) is 12.4 Å². The van der Waals surface area contributed by atoms with E-state index in [1.165, 1.54) is 11.8 Å². The Labute approximate surface area is 176 Å². The van der Waals surface area contributed by atoms with Crippen LogP contribution in [-0.2, 0) is 5.75 Å². The number of nitrogens with zero attached hydrogens (tertiary/aromatic N) is 5. The fourth-order valence-corrected chi connectivity index (χ4v) is 3.84. The molecule has 0 radical (unpaired) electrons. The molecule has 3 aromatic heterocycles. The highest BCUT2D eigenvalue weighted by Crippen LogP contribution is 2.24. The maximum absolute atomic E-state index is 5.22. The first-order chi connectivity index (χ1) is 14.7. The van der Waals surface area contributed by atoms with Gasteiger partial charge in [0, 0.05) is 17.4 Å². The summed E-state index contributed by atoms with van der Waals surface area (Å²) >= 11 is 1.52. The Morgan fingerprint density at radius 1 is 1.07 bits per heavy atom. The maximum atomic E-state index is 5.22. The number of imidazole rings is 1. The van der Waals surface area contributed by atoms with Crippen LogP contribution in [0.2, 0.25) is 0 Å². The van der Waals surface area contributed by atoms with Gasteiger partial charge in [0.05, 0.1) is 23.9 Å². The first-order valence-electron chi connectivity index (χ1n) is 9.40. The largest absolute Gasteiger partial charge is 0.497 e. The van der Waals surface area contributed by atoms with Crippen LogP contribution in [0.25, 0.3) is 16.8 Å². The van der Waals surface area contributed by atoms with Crippen molar-refractivity contribution in [1.82, 2.24) is 29.5 Å². The number of benzene rings is 2. The summed E-state index contributed by atoms with van der Waals surface area (Å²) in [5, 5.41) is 8.66. The van der Waals surface area contributed by atoms with Crippen LogP contribution < -0.4 is 10.1 Å². The highest BCUT2D eigenvalue weighted by atomic mass is 32.2. The summed E-state index contributed by atoms with van der Waals surface area (Å²) in [4.78, 5) is 17.0. The van der Waals surface area contributed by atoms with Gasteiger partial charge in [0.2, 0.25) is 5.16 Å². The molecule has 0 bridgehead atoms. The third-order valence-electron chi connectivity index (χ3n) is 4.56. The molecule has 0 aliphatic heterocycles. The molecule has 0 fully saturated rings. The molecule has 9 heteroatoms. The van der Waals surface area contributed by atoms with E-state index >= 15 is 0 Å². The molecule has 5 rings (SSSR count). The summed E-state index contributed by atoms with van der Waals surface area (Å²) in [7, 11) is 1.65. The van der Waals surface area contributed by atoms with Crippen LogP contribution in [-0.4, -0.2) is 36.7 Å². The van der Waals surface area contributed by atoms with Gasteiger partial charge in [-0.2, -0.15) is 9.50 Å². The van der Waals surface area contributed by atoms with E-state index < -0.39 is 0 Å². The molecule has 0 saturated carbocycles. The van der Waals surface area contributed by atoms with Crippen LogP contribution in [0.1, 0.15) is 11.5 Å². The Morgan fingerprint density at radius 3 is 2.70 bits per heavy atom. The van der Waals surface area contributed by atoms with E-state index in [4.69, 9.17) is 4.74 Å². The van der Waals surface area contributed by atoms with Crippen LogP contribution in [0, 0.1) is 6.92 Å². The van der Waals surface area contributed by atoms with E-state index in [9.17, 15) is 0 Å². The number of aryl methyl sites for hydroxylation is 1. The third-order valence-corrected chi connectivity index (χ3v) is 5.41. The molecule has 5 aromatic rings. The van der Waals surface area contributed by atoms with Crippen molar-refractivity contribution in [3.05, 3.63) is 66.1 Å². The SMILES string of the molecule is COc1ccc(Nc2cc(C)nc3nc(SCc4nc5ccccc5[nH]4)nn23)cc1. The maximum Gasteiger partial charge on any atom is 0.255 e. The molecule has 30 heavy (non-hydrogen) atoms. The number of rotatable bonds is 6. The lowest BCUT2D eigenvalue weighted by Gasteiger charge is -2.09. The van der Waals surface area contributed by atoms with Gasteiger partial charge >= 0.3 is 0 Å². The Morgan fingerprint density at radius 2 is 1.90 bits per heavy atom. The van der Waals surface area contributed by atoms with Gasteiger partial charge in [-0.1, -0.05) is 23.9 Å². The number of thioether (sulfide) groups is 1. The first kappa shape index (κ1) is 18.4. The van der Waals surface area contributed by atoms with Crippen LogP contribution >= 0.6 is 11.8 Å². The van der Waals surface area contributed by atoms with E-state index in [0.717, 1.165) is 39.8 Å². The van der Waals surface area contributed by atoms with Crippen molar-refractivity contribution in [2.24, 2.45) is 0 Å². The lowest BCUT2D eigenvalue weighted by Crippen LogP contribution is -2.02. The second-order valence-electron chi connectivity index (χ2n) is 6.73. The number of anilines is 2. The minimum absolute atomic E-state index is 0.554. The van der Waals surface area contributed by atoms with Crippen LogP contribution in [0.15, 0.2) is 59.8 Å². The van der Waals surface area contributed by atoms with Gasteiger partial charge < -0.3 is 15.0 Å². The van der Waals surface area contributed by atoms with Gasteiger partial charge in [-0.15, -0.1) is 5.10 Å². The standard InChI is InChI=1S/C21H19N7OS/c1-13-11-19(23-14-7-9-15(29-2)10-8-14)28-20(22-13)26-21(27-28)30-12-18-24-16-5-3-4-6-17(16)25-18/h3-11,23H,12H2,1-2H3,(H,24,25). The minimum Gasteiger partial charge on any atom is -0.497 e. The number of nitrogens with one attached hydrogen (secondary N) is 2. The zero-order valence-electron chi connectivity index (χ0n) is 16.5. The zero-order chi connectivity index (χ0) is 20.5. The number of fused-ring (bicyclic) bond motifs is 2. The molecule has 0 aliphatic rings. The summed E-state index contributed by atoms with van der Waals surface area (Å²) in [6, 6.07) is 17.6. The van der Waals surface area contributed by atoms with Crippen LogP contribution in [0.5, 0.6) is 5.75 Å². The van der Waals surface area contributed by atoms with Crippen molar-refractivity contribution < 1.29 is 4.74 Å². The molecule has 3 heterocycles. The number of aromatic amines is 1. The topological polar surface area (TPSA) is 93.0 Å². The Kier molecular flexibility index (Phi) is 4.72. The normalized spacial score (nSPS) is 11.3. The average molecular weight is 417 g/mol. The quantitative estimate of drug-likeness (QED) is 0.397. The van der Waals surface area contributed by atoms with Crippen molar-refractivity contribution in [1.29, 1.82) is 0 Å². The van der Waals surface area contributed by atoms with E-state index in [0.29, 0.717) is 16.7 Å². The Balaban J connectivity index is 1.39. The first-order valence-corrected chi connectivity index (χ1v) is 10.4. The highest BCUT2D eigenvalue weighted by Gasteiger charge is 2.12. The van der Waals surface area contributed by atoms with E-state index in [1.54, 1.807) is 11.6 Å². The molecule has 0 atom stereocenters.